The lowest BCUT2D eigenvalue weighted by Crippen LogP contribution is -2.02. The molecule has 1 aromatic rings. The molecule has 70 valence electrons. The molecule has 0 amide bonds. The Bertz CT molecular complexity index is 286. The molecule has 0 saturated heterocycles. The van der Waals surface area contributed by atoms with Crippen LogP contribution < -0.4 is 5.73 Å². The van der Waals surface area contributed by atoms with Gasteiger partial charge in [0, 0.05) is 6.08 Å². The second kappa shape index (κ2) is 4.72. The van der Waals surface area contributed by atoms with E-state index in [2.05, 4.69) is 0 Å². The smallest absolute Gasteiger partial charge is 0.270 e. The molecule has 0 saturated carbocycles. The molecule has 0 radical (unpaired) electrons. The molecule has 1 nitrogen and oxygen atoms in total. The molecule has 13 heavy (non-hydrogen) atoms. The molecule has 0 spiro atoms. The Morgan fingerprint density at radius 3 is 2.31 bits per heavy atom. The predicted octanol–water partition coefficient (Wildman–Crippen LogP) is 2.43. The summed E-state index contributed by atoms with van der Waals surface area (Å²) in [7, 11) is 0. The van der Waals surface area contributed by atoms with E-state index >= 15 is 0 Å². The maximum atomic E-state index is 11.8. The van der Waals surface area contributed by atoms with Crippen molar-refractivity contribution >= 4 is 6.08 Å². The molecule has 3 heteroatoms. The summed E-state index contributed by atoms with van der Waals surface area (Å²) in [5.41, 5.74) is 6.93. The van der Waals surface area contributed by atoms with Gasteiger partial charge in [-0.3, -0.25) is 0 Å². The molecule has 1 aromatic carbocycles. The van der Waals surface area contributed by atoms with E-state index in [-0.39, 0.29) is 0 Å². The third-order valence-corrected chi connectivity index (χ3v) is 1.69. The Morgan fingerprint density at radius 1 is 1.23 bits per heavy atom. The van der Waals surface area contributed by atoms with Gasteiger partial charge in [0.2, 0.25) is 0 Å². The van der Waals surface area contributed by atoms with Crippen molar-refractivity contribution in [3.63, 3.8) is 0 Å². The summed E-state index contributed by atoms with van der Waals surface area (Å²) >= 11 is 0. The topological polar surface area (TPSA) is 26.0 Å². The zero-order valence-corrected chi connectivity index (χ0v) is 7.13. The van der Waals surface area contributed by atoms with Gasteiger partial charge in [0.15, 0.2) is 0 Å². The van der Waals surface area contributed by atoms with Crippen LogP contribution in [0.3, 0.4) is 0 Å². The maximum absolute atomic E-state index is 11.8. The number of benzene rings is 1. The van der Waals surface area contributed by atoms with Crippen molar-refractivity contribution in [1.29, 1.82) is 0 Å². The van der Waals surface area contributed by atoms with Gasteiger partial charge in [-0.15, -0.1) is 0 Å². The first-order valence-corrected chi connectivity index (χ1v) is 4.04. The normalized spacial score (nSPS) is 9.77. The second-order valence-corrected chi connectivity index (χ2v) is 2.71. The fraction of sp³-hybridized carbons (Fsp3) is 0.200. The fourth-order valence-electron chi connectivity index (χ4n) is 1.07. The van der Waals surface area contributed by atoms with Crippen LogP contribution in [-0.4, -0.2) is 6.54 Å². The highest BCUT2D eigenvalue weighted by Gasteiger charge is 1.93. The molecule has 0 aliphatic heterocycles. The number of halogens is 2. The van der Waals surface area contributed by atoms with Crippen molar-refractivity contribution in [2.75, 3.05) is 6.54 Å². The Labute approximate surface area is 75.9 Å². The first-order chi connectivity index (χ1) is 6.22. The van der Waals surface area contributed by atoms with Crippen LogP contribution in [0.2, 0.25) is 0 Å². The average Bonchev–Trinajstić information content (AvgIpc) is 2.08. The van der Waals surface area contributed by atoms with Crippen LogP contribution in [-0.2, 0) is 6.42 Å². The van der Waals surface area contributed by atoms with E-state index in [0.29, 0.717) is 12.1 Å². The molecule has 1 rings (SSSR count). The highest BCUT2D eigenvalue weighted by molar-refractivity contribution is 5.50. The monoisotopic (exact) mass is 183 g/mol. The molecule has 0 unspecified atom stereocenters. The Hall–Kier alpha value is -1.22. The summed E-state index contributed by atoms with van der Waals surface area (Å²) in [5, 5.41) is 0. The highest BCUT2D eigenvalue weighted by Crippen LogP contribution is 2.10. The summed E-state index contributed by atoms with van der Waals surface area (Å²) in [6, 6.07) is 6.93. The highest BCUT2D eigenvalue weighted by atomic mass is 19.3. The molecular formula is C10H11F2N. The van der Waals surface area contributed by atoms with Crippen LogP contribution in [0, 0.1) is 0 Å². The summed E-state index contributed by atoms with van der Waals surface area (Å²) in [5.74, 6) is 0. The lowest BCUT2D eigenvalue weighted by Gasteiger charge is -1.98. The number of hydrogen-bond acceptors (Lipinski definition) is 1. The third-order valence-electron chi connectivity index (χ3n) is 1.69. The van der Waals surface area contributed by atoms with E-state index in [4.69, 9.17) is 5.73 Å². The minimum absolute atomic E-state index is 0.515. The lowest BCUT2D eigenvalue weighted by molar-refractivity contribution is 0.429. The molecule has 2 N–H and O–H groups in total. The minimum Gasteiger partial charge on any atom is -0.330 e. The van der Waals surface area contributed by atoms with Crippen LogP contribution in [0.25, 0.3) is 6.08 Å². The number of rotatable bonds is 3. The third kappa shape index (κ3) is 3.34. The van der Waals surface area contributed by atoms with Crippen LogP contribution in [0.5, 0.6) is 0 Å². The van der Waals surface area contributed by atoms with Gasteiger partial charge in [-0.2, -0.15) is 8.78 Å². The van der Waals surface area contributed by atoms with E-state index in [0.717, 1.165) is 18.1 Å². The van der Waals surface area contributed by atoms with Crippen molar-refractivity contribution in [2.45, 2.75) is 6.42 Å². The van der Waals surface area contributed by atoms with E-state index in [1.165, 1.54) is 0 Å². The summed E-state index contributed by atoms with van der Waals surface area (Å²) in [6.45, 7) is 0.576. The van der Waals surface area contributed by atoms with Gasteiger partial charge in [0.1, 0.15) is 0 Å². The quantitative estimate of drug-likeness (QED) is 0.765. The van der Waals surface area contributed by atoms with Gasteiger partial charge < -0.3 is 5.73 Å². The number of nitrogens with two attached hydrogens (primary N) is 1. The van der Waals surface area contributed by atoms with Crippen molar-refractivity contribution in [2.24, 2.45) is 5.73 Å². The predicted molar refractivity (Wildman–Crippen MR) is 49.4 cm³/mol. The lowest BCUT2D eigenvalue weighted by atomic mass is 10.1. The van der Waals surface area contributed by atoms with Crippen molar-refractivity contribution in [3.05, 3.63) is 41.5 Å². The molecule has 0 aliphatic carbocycles. The SMILES string of the molecule is NCCc1ccc(C=C(F)F)cc1. The molecule has 0 atom stereocenters. The van der Waals surface area contributed by atoms with E-state index in [1.807, 2.05) is 12.1 Å². The molecule has 0 bridgehead atoms. The summed E-state index contributed by atoms with van der Waals surface area (Å²) in [4.78, 5) is 0. The van der Waals surface area contributed by atoms with Crippen molar-refractivity contribution < 1.29 is 8.78 Å². The van der Waals surface area contributed by atoms with Gasteiger partial charge >= 0.3 is 0 Å². The second-order valence-electron chi connectivity index (χ2n) is 2.71. The van der Waals surface area contributed by atoms with Crippen LogP contribution in [0.15, 0.2) is 30.3 Å². The zero-order chi connectivity index (χ0) is 9.68. The molecule has 0 heterocycles. The van der Waals surface area contributed by atoms with E-state index < -0.39 is 6.08 Å². The van der Waals surface area contributed by atoms with Crippen LogP contribution >= 0.6 is 0 Å². The number of hydrogen-bond donors (Lipinski definition) is 1. The van der Waals surface area contributed by atoms with Crippen LogP contribution in [0.4, 0.5) is 8.78 Å². The molecule has 0 fully saturated rings. The maximum Gasteiger partial charge on any atom is 0.270 e. The Kier molecular flexibility index (Phi) is 3.58. The largest absolute Gasteiger partial charge is 0.330 e. The summed E-state index contributed by atoms with van der Waals surface area (Å²) in [6.07, 6.45) is -0.0551. The van der Waals surface area contributed by atoms with Gasteiger partial charge in [-0.1, -0.05) is 24.3 Å². The molecular weight excluding hydrogens is 172 g/mol. The standard InChI is InChI=1S/C10H11F2N/c11-10(12)7-9-3-1-8(2-4-9)5-6-13/h1-4,7H,5-6,13H2. The summed E-state index contributed by atoms with van der Waals surface area (Å²) < 4.78 is 23.6. The minimum atomic E-state index is -1.67. The van der Waals surface area contributed by atoms with Gasteiger partial charge in [-0.25, -0.2) is 0 Å². The van der Waals surface area contributed by atoms with Gasteiger partial charge in [0.25, 0.3) is 6.08 Å². The van der Waals surface area contributed by atoms with Crippen molar-refractivity contribution in [3.8, 4) is 0 Å². The fourth-order valence-corrected chi connectivity index (χ4v) is 1.07. The van der Waals surface area contributed by atoms with Crippen LogP contribution in [0.1, 0.15) is 11.1 Å². The van der Waals surface area contributed by atoms with Gasteiger partial charge in [-0.05, 0) is 24.1 Å². The molecule has 0 aliphatic rings. The Balaban J connectivity index is 2.75. The average molecular weight is 183 g/mol. The van der Waals surface area contributed by atoms with E-state index in [1.54, 1.807) is 12.1 Å². The van der Waals surface area contributed by atoms with E-state index in [9.17, 15) is 8.78 Å². The molecule has 0 aromatic heterocycles. The van der Waals surface area contributed by atoms with Gasteiger partial charge in [0.05, 0.1) is 0 Å². The first kappa shape index (κ1) is 9.86. The zero-order valence-electron chi connectivity index (χ0n) is 7.13. The van der Waals surface area contributed by atoms with Crippen molar-refractivity contribution in [1.82, 2.24) is 0 Å². The Morgan fingerprint density at radius 2 is 1.85 bits per heavy atom. The first-order valence-electron chi connectivity index (χ1n) is 4.04.